The highest BCUT2D eigenvalue weighted by molar-refractivity contribution is 5.91. The van der Waals surface area contributed by atoms with Gasteiger partial charge in [0, 0.05) is 30.3 Å². The van der Waals surface area contributed by atoms with Crippen LogP contribution in [-0.4, -0.2) is 28.5 Å². The molecule has 1 aromatic heterocycles. The summed E-state index contributed by atoms with van der Waals surface area (Å²) in [7, 11) is 0. The van der Waals surface area contributed by atoms with Gasteiger partial charge in [0.2, 0.25) is 0 Å². The van der Waals surface area contributed by atoms with E-state index in [1.165, 1.54) is 6.07 Å². The van der Waals surface area contributed by atoms with Gasteiger partial charge in [0.25, 0.3) is 5.56 Å². The molecule has 1 heterocycles. The van der Waals surface area contributed by atoms with E-state index in [2.05, 4.69) is 4.98 Å². The van der Waals surface area contributed by atoms with Crippen LogP contribution < -0.4 is 11.2 Å². The third-order valence-corrected chi connectivity index (χ3v) is 3.01. The summed E-state index contributed by atoms with van der Waals surface area (Å²) in [5, 5.41) is 0. The fourth-order valence-corrected chi connectivity index (χ4v) is 1.88. The highest BCUT2D eigenvalue weighted by atomic mass is 16.5. The zero-order valence-corrected chi connectivity index (χ0v) is 13.2. The molecule has 0 radical (unpaired) electrons. The molecule has 130 valence electrons. The average molecular weight is 344 g/mol. The number of esters is 2. The van der Waals surface area contributed by atoms with Gasteiger partial charge in [-0.25, -0.2) is 14.4 Å². The zero-order chi connectivity index (χ0) is 18.1. The molecule has 8 heteroatoms. The van der Waals surface area contributed by atoms with E-state index in [9.17, 15) is 19.2 Å². The van der Waals surface area contributed by atoms with Crippen molar-refractivity contribution in [2.75, 3.05) is 6.61 Å². The molecule has 0 fully saturated rings. The molecule has 0 aliphatic heterocycles. The number of H-pyrrole nitrogens is 2. The second kappa shape index (κ2) is 9.02. The summed E-state index contributed by atoms with van der Waals surface area (Å²) in [5.74, 6) is -1.40. The van der Waals surface area contributed by atoms with E-state index in [1.54, 1.807) is 0 Å². The second-order valence-electron chi connectivity index (χ2n) is 4.96. The summed E-state index contributed by atoms with van der Waals surface area (Å²) in [5.41, 5.74) is 0.00693. The molecule has 0 bridgehead atoms. The van der Waals surface area contributed by atoms with Crippen molar-refractivity contribution in [3.63, 3.8) is 0 Å². The summed E-state index contributed by atoms with van der Waals surface area (Å²) < 4.78 is 9.84. The van der Waals surface area contributed by atoms with Crippen molar-refractivity contribution in [3.8, 4) is 0 Å². The first-order chi connectivity index (χ1) is 12.0. The van der Waals surface area contributed by atoms with Crippen LogP contribution in [0.1, 0.15) is 11.3 Å². The molecule has 8 nitrogen and oxygen atoms in total. The molecule has 0 saturated carbocycles. The molecule has 2 N–H and O–H groups in total. The van der Waals surface area contributed by atoms with Crippen molar-refractivity contribution in [2.24, 2.45) is 0 Å². The van der Waals surface area contributed by atoms with Crippen molar-refractivity contribution in [3.05, 3.63) is 80.6 Å². The monoisotopic (exact) mass is 344 g/mol. The first-order valence-corrected chi connectivity index (χ1v) is 7.41. The van der Waals surface area contributed by atoms with E-state index in [-0.39, 0.29) is 19.6 Å². The number of hydrogen-bond donors (Lipinski definition) is 2. The lowest BCUT2D eigenvalue weighted by Crippen LogP contribution is -2.23. The molecule has 2 aromatic rings. The van der Waals surface area contributed by atoms with Crippen LogP contribution in [0.3, 0.4) is 0 Å². The van der Waals surface area contributed by atoms with E-state index < -0.39 is 23.2 Å². The maximum absolute atomic E-state index is 11.5. The Labute approximate surface area is 142 Å². The number of ether oxygens (including phenoxy) is 2. The zero-order valence-electron chi connectivity index (χ0n) is 13.2. The van der Waals surface area contributed by atoms with Gasteiger partial charge >= 0.3 is 17.6 Å². The Kier molecular flexibility index (Phi) is 6.47. The summed E-state index contributed by atoms with van der Waals surface area (Å²) in [6.45, 7) is 0.0522. The summed E-state index contributed by atoms with van der Waals surface area (Å²) in [4.78, 5) is 49.6. The highest BCUT2D eigenvalue weighted by Gasteiger charge is 2.03. The number of benzene rings is 1. The van der Waals surface area contributed by atoms with Gasteiger partial charge in [0.15, 0.2) is 0 Å². The molecule has 0 amide bonds. The Morgan fingerprint density at radius 2 is 1.64 bits per heavy atom. The SMILES string of the molecule is O=C(/C=C/C(=O)OCc1ccccc1)OCCc1cc(=O)[nH]c(=O)[nH]1. The molecule has 0 saturated heterocycles. The van der Waals surface area contributed by atoms with Gasteiger partial charge in [-0.2, -0.15) is 0 Å². The molecule has 0 aliphatic carbocycles. The van der Waals surface area contributed by atoms with Crippen molar-refractivity contribution in [1.29, 1.82) is 0 Å². The standard InChI is InChI=1S/C17H16N2O6/c20-14-10-13(18-17(23)19-14)8-9-24-15(21)6-7-16(22)25-11-12-4-2-1-3-5-12/h1-7,10H,8-9,11H2,(H2,18,19,20,23)/b7-6+. The second-order valence-corrected chi connectivity index (χ2v) is 4.96. The number of aromatic nitrogens is 2. The first kappa shape index (κ1) is 17.9. The number of rotatable bonds is 7. The minimum Gasteiger partial charge on any atom is -0.462 e. The lowest BCUT2D eigenvalue weighted by Gasteiger charge is -2.02. The lowest BCUT2D eigenvalue weighted by atomic mass is 10.2. The third kappa shape index (κ3) is 6.69. The predicted octanol–water partition coefficient (Wildman–Crippen LogP) is 0.448. The lowest BCUT2D eigenvalue weighted by molar-refractivity contribution is -0.141. The van der Waals surface area contributed by atoms with Crippen molar-refractivity contribution in [2.45, 2.75) is 13.0 Å². The molecule has 0 spiro atoms. The van der Waals surface area contributed by atoms with Gasteiger partial charge < -0.3 is 14.5 Å². The number of hydrogen-bond acceptors (Lipinski definition) is 6. The van der Waals surface area contributed by atoms with E-state index in [0.29, 0.717) is 5.69 Å². The Bertz CT molecular complexity index is 838. The van der Waals surface area contributed by atoms with Gasteiger partial charge in [0.1, 0.15) is 6.61 Å². The Morgan fingerprint density at radius 3 is 2.32 bits per heavy atom. The van der Waals surface area contributed by atoms with Gasteiger partial charge in [-0.3, -0.25) is 9.78 Å². The van der Waals surface area contributed by atoms with Crippen LogP contribution >= 0.6 is 0 Å². The number of nitrogens with one attached hydrogen (secondary N) is 2. The topological polar surface area (TPSA) is 118 Å². The van der Waals surface area contributed by atoms with E-state index in [4.69, 9.17) is 9.47 Å². The van der Waals surface area contributed by atoms with E-state index in [1.807, 2.05) is 35.3 Å². The minimum atomic E-state index is -0.733. The molecule has 0 unspecified atom stereocenters. The summed E-state index contributed by atoms with van der Waals surface area (Å²) in [6.07, 6.45) is 2.09. The number of carbonyl (C=O) groups excluding carboxylic acids is 2. The Hall–Kier alpha value is -3.42. The van der Waals surface area contributed by atoms with Crippen LogP contribution in [0, 0.1) is 0 Å². The summed E-state index contributed by atoms with van der Waals surface area (Å²) in [6, 6.07) is 10.3. The van der Waals surface area contributed by atoms with Crippen LogP contribution in [0.25, 0.3) is 0 Å². The largest absolute Gasteiger partial charge is 0.462 e. The maximum Gasteiger partial charge on any atom is 0.331 e. The minimum absolute atomic E-state index is 0.0539. The molecule has 2 rings (SSSR count). The normalized spacial score (nSPS) is 10.6. The fourth-order valence-electron chi connectivity index (χ4n) is 1.88. The predicted molar refractivity (Wildman–Crippen MR) is 87.7 cm³/mol. The molecular weight excluding hydrogens is 328 g/mol. The van der Waals surface area contributed by atoms with E-state index in [0.717, 1.165) is 17.7 Å². The van der Waals surface area contributed by atoms with Crippen molar-refractivity contribution >= 4 is 11.9 Å². The van der Waals surface area contributed by atoms with Gasteiger partial charge in [-0.05, 0) is 5.56 Å². The first-order valence-electron chi connectivity index (χ1n) is 7.41. The van der Waals surface area contributed by atoms with Gasteiger partial charge in [-0.1, -0.05) is 30.3 Å². The quantitative estimate of drug-likeness (QED) is 0.556. The molecule has 0 aliphatic rings. The third-order valence-electron chi connectivity index (χ3n) is 3.01. The molecule has 1 aromatic carbocycles. The van der Waals surface area contributed by atoms with Crippen LogP contribution in [0.4, 0.5) is 0 Å². The van der Waals surface area contributed by atoms with E-state index >= 15 is 0 Å². The fraction of sp³-hybridized carbons (Fsp3) is 0.176. The highest BCUT2D eigenvalue weighted by Crippen LogP contribution is 2.01. The average Bonchev–Trinajstić information content (AvgIpc) is 2.58. The van der Waals surface area contributed by atoms with Gasteiger partial charge in [-0.15, -0.1) is 0 Å². The number of aromatic amines is 2. The Balaban J connectivity index is 1.72. The van der Waals surface area contributed by atoms with Crippen LogP contribution in [-0.2, 0) is 32.1 Å². The number of carbonyl (C=O) groups is 2. The van der Waals surface area contributed by atoms with Crippen molar-refractivity contribution < 1.29 is 19.1 Å². The maximum atomic E-state index is 11.5. The summed E-state index contributed by atoms with van der Waals surface area (Å²) >= 11 is 0. The molecule has 0 atom stereocenters. The molecule has 25 heavy (non-hydrogen) atoms. The Morgan fingerprint density at radius 1 is 0.960 bits per heavy atom. The van der Waals surface area contributed by atoms with Crippen LogP contribution in [0.15, 0.2) is 58.1 Å². The van der Waals surface area contributed by atoms with Crippen LogP contribution in [0.5, 0.6) is 0 Å². The smallest absolute Gasteiger partial charge is 0.331 e. The van der Waals surface area contributed by atoms with Crippen LogP contribution in [0.2, 0.25) is 0 Å². The van der Waals surface area contributed by atoms with Crippen molar-refractivity contribution in [1.82, 2.24) is 9.97 Å². The van der Waals surface area contributed by atoms with Gasteiger partial charge in [0.05, 0.1) is 6.61 Å². The molecular formula is C17H16N2O6.